The molecule has 0 N–H and O–H groups in total. The molecule has 150 valence electrons. The summed E-state index contributed by atoms with van der Waals surface area (Å²) in [5, 5.41) is 0.462. The molecule has 5 heteroatoms. The molecule has 0 aliphatic rings. The van der Waals surface area contributed by atoms with Gasteiger partial charge in [0.1, 0.15) is 22.5 Å². The summed E-state index contributed by atoms with van der Waals surface area (Å²) in [6.07, 6.45) is 1.74. The molecule has 0 amide bonds. The number of rotatable bonds is 8. The predicted molar refractivity (Wildman–Crippen MR) is 120 cm³/mol. The third-order valence-electron chi connectivity index (χ3n) is 4.80. The Kier molecular flexibility index (Phi) is 6.78. The molecule has 0 atom stereocenters. The van der Waals surface area contributed by atoms with Crippen LogP contribution in [0.25, 0.3) is 6.08 Å². The van der Waals surface area contributed by atoms with E-state index in [0.717, 1.165) is 39.6 Å². The molecule has 0 bridgehead atoms. The molecule has 29 heavy (non-hydrogen) atoms. The molecule has 4 nitrogen and oxygen atoms in total. The fraction of sp³-hybridized carbons (Fsp3) is 0.208. The van der Waals surface area contributed by atoms with Crippen molar-refractivity contribution in [2.45, 2.75) is 20.0 Å². The van der Waals surface area contributed by atoms with Crippen molar-refractivity contribution in [3.63, 3.8) is 0 Å². The zero-order chi connectivity index (χ0) is 20.8. The molecule has 3 rings (SSSR count). The normalized spacial score (nSPS) is 10.5. The maximum Gasteiger partial charge on any atom is 0.138 e. The number of aryl methyl sites for hydroxylation is 1. The van der Waals surface area contributed by atoms with E-state index >= 15 is 0 Å². The highest BCUT2D eigenvalue weighted by molar-refractivity contribution is 6.31. The van der Waals surface area contributed by atoms with E-state index in [9.17, 15) is 0 Å². The van der Waals surface area contributed by atoms with Gasteiger partial charge in [-0.1, -0.05) is 48.5 Å². The van der Waals surface area contributed by atoms with Crippen LogP contribution in [0.3, 0.4) is 0 Å². The maximum absolute atomic E-state index is 6.42. The van der Waals surface area contributed by atoms with E-state index in [2.05, 4.69) is 46.8 Å². The Labute approximate surface area is 177 Å². The lowest BCUT2D eigenvalue weighted by Gasteiger charge is -2.25. The van der Waals surface area contributed by atoms with E-state index in [1.807, 2.05) is 31.2 Å². The number of anilines is 1. The molecular formula is C24H25ClN2O2. The van der Waals surface area contributed by atoms with Gasteiger partial charge in [0, 0.05) is 18.7 Å². The zero-order valence-corrected chi connectivity index (χ0v) is 17.7. The lowest BCUT2D eigenvalue weighted by Crippen LogP contribution is -2.23. The van der Waals surface area contributed by atoms with Crippen molar-refractivity contribution in [3.8, 4) is 11.5 Å². The van der Waals surface area contributed by atoms with Crippen LogP contribution in [0.5, 0.6) is 11.5 Å². The Bertz CT molecular complexity index is 897. The predicted octanol–water partition coefficient (Wildman–Crippen LogP) is 5.91. The highest BCUT2D eigenvalue weighted by Crippen LogP contribution is 2.27. The van der Waals surface area contributed by atoms with Gasteiger partial charge in [0.25, 0.3) is 0 Å². The monoisotopic (exact) mass is 408 g/mol. The first kappa shape index (κ1) is 20.7. The van der Waals surface area contributed by atoms with Crippen LogP contribution in [-0.4, -0.2) is 19.2 Å². The number of hydrogen-bond donors (Lipinski definition) is 0. The van der Waals surface area contributed by atoms with Crippen LogP contribution in [0.2, 0.25) is 5.15 Å². The second-order valence-corrected chi connectivity index (χ2v) is 7.12. The summed E-state index contributed by atoms with van der Waals surface area (Å²) in [7, 11) is 3.34. The first-order valence-corrected chi connectivity index (χ1v) is 9.72. The van der Waals surface area contributed by atoms with Crippen molar-refractivity contribution in [1.29, 1.82) is 0 Å². The fourth-order valence-corrected chi connectivity index (χ4v) is 3.47. The van der Waals surface area contributed by atoms with Gasteiger partial charge in [-0.15, -0.1) is 0 Å². The number of halogens is 1. The van der Waals surface area contributed by atoms with Gasteiger partial charge in [-0.25, -0.2) is 4.98 Å². The van der Waals surface area contributed by atoms with E-state index in [0.29, 0.717) is 18.2 Å². The minimum Gasteiger partial charge on any atom is -0.497 e. The third kappa shape index (κ3) is 5.09. The zero-order valence-electron chi connectivity index (χ0n) is 17.0. The maximum atomic E-state index is 6.42. The number of ether oxygens (including phenoxy) is 2. The summed E-state index contributed by atoms with van der Waals surface area (Å²) >= 11 is 6.42. The summed E-state index contributed by atoms with van der Waals surface area (Å²) in [6, 6.07) is 18.2. The second-order valence-electron chi connectivity index (χ2n) is 6.76. The van der Waals surface area contributed by atoms with E-state index in [1.165, 1.54) is 0 Å². The minimum atomic E-state index is 0.462. The number of methoxy groups -OCH3 is 2. The van der Waals surface area contributed by atoms with Crippen LogP contribution in [0.4, 0.5) is 5.82 Å². The Hall–Kier alpha value is -2.98. The highest BCUT2D eigenvalue weighted by Gasteiger charge is 2.14. The van der Waals surface area contributed by atoms with Crippen molar-refractivity contribution >= 4 is 23.5 Å². The lowest BCUT2D eigenvalue weighted by atomic mass is 10.1. The van der Waals surface area contributed by atoms with Crippen molar-refractivity contribution in [1.82, 2.24) is 4.98 Å². The highest BCUT2D eigenvalue weighted by atomic mass is 35.5. The average Bonchev–Trinajstić information content (AvgIpc) is 2.74. The lowest BCUT2D eigenvalue weighted by molar-refractivity contribution is 0.414. The topological polar surface area (TPSA) is 34.6 Å². The van der Waals surface area contributed by atoms with Crippen molar-refractivity contribution in [3.05, 3.63) is 88.6 Å². The molecule has 0 unspecified atom stereocenters. The molecule has 0 aliphatic carbocycles. The molecular weight excluding hydrogens is 384 g/mol. The number of aromatic nitrogens is 1. The third-order valence-corrected chi connectivity index (χ3v) is 5.09. The second kappa shape index (κ2) is 9.48. The number of benzene rings is 2. The van der Waals surface area contributed by atoms with Crippen molar-refractivity contribution < 1.29 is 9.47 Å². The molecule has 2 aromatic carbocycles. The standard InChI is InChI=1S/C24H25ClN2O2/c1-5-22-17(2)14-23(26-24(22)25)27(15-18-6-10-20(28-3)11-7-18)16-19-8-12-21(29-4)13-9-19/h5-14H,1,15-16H2,2-4H3. The van der Waals surface area contributed by atoms with Gasteiger partial charge in [-0.3, -0.25) is 0 Å². The molecule has 0 spiro atoms. The fourth-order valence-electron chi connectivity index (χ4n) is 3.15. The number of hydrogen-bond acceptors (Lipinski definition) is 4. The first-order valence-electron chi connectivity index (χ1n) is 9.34. The van der Waals surface area contributed by atoms with Gasteiger partial charge in [-0.05, 0) is 53.9 Å². The van der Waals surface area contributed by atoms with Crippen molar-refractivity contribution in [2.24, 2.45) is 0 Å². The molecule has 0 saturated heterocycles. The van der Waals surface area contributed by atoms with E-state index in [4.69, 9.17) is 21.1 Å². The molecule has 1 heterocycles. The number of nitrogens with zero attached hydrogens (tertiary/aromatic N) is 2. The van der Waals surface area contributed by atoms with E-state index < -0.39 is 0 Å². The van der Waals surface area contributed by atoms with Crippen LogP contribution in [-0.2, 0) is 13.1 Å². The summed E-state index contributed by atoms with van der Waals surface area (Å²) in [5.41, 5.74) is 4.22. The Balaban J connectivity index is 1.94. The van der Waals surface area contributed by atoms with Gasteiger partial charge in [0.15, 0.2) is 0 Å². The summed E-state index contributed by atoms with van der Waals surface area (Å²) in [6.45, 7) is 7.23. The Morgan fingerprint density at radius 3 is 1.79 bits per heavy atom. The van der Waals surface area contributed by atoms with E-state index in [1.54, 1.807) is 20.3 Å². The Morgan fingerprint density at radius 2 is 1.41 bits per heavy atom. The quantitative estimate of drug-likeness (QED) is 0.434. The van der Waals surface area contributed by atoms with Crippen molar-refractivity contribution in [2.75, 3.05) is 19.1 Å². The average molecular weight is 409 g/mol. The van der Waals surface area contributed by atoms with Crippen LogP contribution in [0.1, 0.15) is 22.3 Å². The Morgan fingerprint density at radius 1 is 0.931 bits per heavy atom. The van der Waals surface area contributed by atoms with Gasteiger partial charge >= 0.3 is 0 Å². The SMILES string of the molecule is C=Cc1c(C)cc(N(Cc2ccc(OC)cc2)Cc2ccc(OC)cc2)nc1Cl. The van der Waals surface area contributed by atoms with Crippen LogP contribution in [0.15, 0.2) is 61.2 Å². The molecule has 3 aromatic rings. The van der Waals surface area contributed by atoms with Crippen LogP contribution in [0, 0.1) is 6.92 Å². The van der Waals surface area contributed by atoms with Gasteiger partial charge in [-0.2, -0.15) is 0 Å². The largest absolute Gasteiger partial charge is 0.497 e. The van der Waals surface area contributed by atoms with E-state index in [-0.39, 0.29) is 0 Å². The molecule has 0 aliphatic heterocycles. The molecule has 0 saturated carbocycles. The first-order chi connectivity index (χ1) is 14.0. The minimum absolute atomic E-state index is 0.462. The van der Waals surface area contributed by atoms with Gasteiger partial charge in [0.05, 0.1) is 14.2 Å². The van der Waals surface area contributed by atoms with Gasteiger partial charge < -0.3 is 14.4 Å². The molecule has 0 fully saturated rings. The smallest absolute Gasteiger partial charge is 0.138 e. The molecule has 0 radical (unpaired) electrons. The number of pyridine rings is 1. The summed E-state index contributed by atoms with van der Waals surface area (Å²) in [5.74, 6) is 2.50. The van der Waals surface area contributed by atoms with Gasteiger partial charge in [0.2, 0.25) is 0 Å². The van der Waals surface area contributed by atoms with Crippen LogP contribution < -0.4 is 14.4 Å². The summed E-state index contributed by atoms with van der Waals surface area (Å²) < 4.78 is 10.5. The molecule has 1 aromatic heterocycles. The summed E-state index contributed by atoms with van der Waals surface area (Å²) in [4.78, 5) is 6.84. The van der Waals surface area contributed by atoms with Crippen LogP contribution >= 0.6 is 11.6 Å².